The molecule has 0 aliphatic carbocycles. The third-order valence-electron chi connectivity index (χ3n) is 6.80. The number of sulfonamides is 1. The Labute approximate surface area is 182 Å². The molecule has 8 heteroatoms. The monoisotopic (exact) mass is 441 g/mol. The molecule has 0 radical (unpaired) electrons. The summed E-state index contributed by atoms with van der Waals surface area (Å²) in [6.45, 7) is 3.36. The third-order valence-corrected chi connectivity index (χ3v) is 8.61. The van der Waals surface area contributed by atoms with Crippen molar-refractivity contribution in [1.82, 2.24) is 14.2 Å². The average Bonchev–Trinajstić information content (AvgIpc) is 3.04. The van der Waals surface area contributed by atoms with Crippen LogP contribution in [0, 0.1) is 6.92 Å². The number of ether oxygens (including phenoxy) is 1. The molecule has 0 bridgehead atoms. The minimum Gasteiger partial charge on any atom is -0.497 e. The second-order valence-electron chi connectivity index (χ2n) is 8.68. The minimum atomic E-state index is -3.54. The number of hydrogen-bond donors (Lipinski definition) is 2. The fraction of sp³-hybridized carbons (Fsp3) is 0.391. The fourth-order valence-corrected chi connectivity index (χ4v) is 6.72. The molecule has 2 aliphatic heterocycles. The lowest BCUT2D eigenvalue weighted by atomic mass is 9.70. The number of aliphatic hydroxyl groups excluding tert-OH is 1. The van der Waals surface area contributed by atoms with Gasteiger partial charge in [0.25, 0.3) is 0 Å². The summed E-state index contributed by atoms with van der Waals surface area (Å²) in [5.41, 5.74) is 3.88. The van der Waals surface area contributed by atoms with Gasteiger partial charge in [0.15, 0.2) is 0 Å². The van der Waals surface area contributed by atoms with Crippen LogP contribution in [0.1, 0.15) is 22.9 Å². The molecule has 5 rings (SSSR count). The maximum Gasteiger partial charge on any atom is 0.243 e. The number of benzene rings is 2. The highest BCUT2D eigenvalue weighted by molar-refractivity contribution is 7.89. The van der Waals surface area contributed by atoms with Crippen LogP contribution < -0.4 is 10.1 Å². The van der Waals surface area contributed by atoms with Crippen molar-refractivity contribution in [3.05, 3.63) is 59.3 Å². The maximum atomic E-state index is 13.2. The Morgan fingerprint density at radius 2 is 1.90 bits per heavy atom. The van der Waals surface area contributed by atoms with Crippen molar-refractivity contribution in [2.45, 2.75) is 23.3 Å². The first-order chi connectivity index (χ1) is 14.8. The van der Waals surface area contributed by atoms with Crippen LogP contribution in [0.2, 0.25) is 0 Å². The lowest BCUT2D eigenvalue weighted by Gasteiger charge is -2.52. The van der Waals surface area contributed by atoms with Gasteiger partial charge in [0.1, 0.15) is 5.75 Å². The molecule has 1 spiro atoms. The van der Waals surface area contributed by atoms with E-state index >= 15 is 0 Å². The molecule has 2 aliphatic rings. The third kappa shape index (κ3) is 2.93. The zero-order valence-corrected chi connectivity index (χ0v) is 18.7. The molecular weight excluding hydrogens is 414 g/mol. The molecule has 1 fully saturated rings. The van der Waals surface area contributed by atoms with Gasteiger partial charge in [0.05, 0.1) is 30.2 Å². The van der Waals surface area contributed by atoms with Gasteiger partial charge in [-0.2, -0.15) is 4.31 Å². The second-order valence-corrected chi connectivity index (χ2v) is 10.6. The van der Waals surface area contributed by atoms with E-state index in [1.165, 1.54) is 0 Å². The van der Waals surface area contributed by atoms with E-state index in [-0.39, 0.29) is 18.1 Å². The zero-order valence-electron chi connectivity index (χ0n) is 17.9. The van der Waals surface area contributed by atoms with Gasteiger partial charge in [0, 0.05) is 49.2 Å². The summed E-state index contributed by atoms with van der Waals surface area (Å²) in [6.07, 6.45) is 0. The molecule has 0 amide bonds. The van der Waals surface area contributed by atoms with E-state index in [1.807, 2.05) is 44.3 Å². The Morgan fingerprint density at radius 1 is 1.19 bits per heavy atom. The van der Waals surface area contributed by atoms with Crippen LogP contribution in [-0.2, 0) is 22.5 Å². The van der Waals surface area contributed by atoms with Crippen LogP contribution >= 0.6 is 0 Å². The SMILES string of the molecule is COc1ccc2c3c(n(C)c2c1)[C@@H](CO)NCC31CN(S(=O)(=O)c2ccc(C)cc2)C1. The van der Waals surface area contributed by atoms with Crippen molar-refractivity contribution in [3.8, 4) is 5.75 Å². The molecule has 3 aromatic rings. The van der Waals surface area contributed by atoms with E-state index in [2.05, 4.69) is 9.88 Å². The highest BCUT2D eigenvalue weighted by atomic mass is 32.2. The van der Waals surface area contributed by atoms with Crippen LogP contribution in [0.3, 0.4) is 0 Å². The molecule has 1 aromatic heterocycles. The van der Waals surface area contributed by atoms with Gasteiger partial charge in [-0.3, -0.25) is 0 Å². The summed E-state index contributed by atoms with van der Waals surface area (Å²) >= 11 is 0. The quantitative estimate of drug-likeness (QED) is 0.648. The van der Waals surface area contributed by atoms with Crippen molar-refractivity contribution in [1.29, 1.82) is 0 Å². The molecule has 7 nitrogen and oxygen atoms in total. The first kappa shape index (κ1) is 20.5. The topological polar surface area (TPSA) is 83.8 Å². The van der Waals surface area contributed by atoms with Crippen molar-refractivity contribution in [2.75, 3.05) is 33.4 Å². The molecule has 1 atom stereocenters. The summed E-state index contributed by atoms with van der Waals surface area (Å²) in [6, 6.07) is 12.8. The number of hydrogen-bond acceptors (Lipinski definition) is 5. The maximum absolute atomic E-state index is 13.2. The number of nitrogens with zero attached hydrogens (tertiary/aromatic N) is 2. The van der Waals surface area contributed by atoms with Gasteiger partial charge >= 0.3 is 0 Å². The Hall–Kier alpha value is -2.39. The summed E-state index contributed by atoms with van der Waals surface area (Å²) in [5.74, 6) is 0.769. The van der Waals surface area contributed by atoms with Gasteiger partial charge in [-0.05, 0) is 36.8 Å². The largest absolute Gasteiger partial charge is 0.497 e. The molecule has 1 saturated heterocycles. The van der Waals surface area contributed by atoms with Crippen molar-refractivity contribution in [2.24, 2.45) is 7.05 Å². The van der Waals surface area contributed by atoms with Crippen molar-refractivity contribution in [3.63, 3.8) is 0 Å². The highest BCUT2D eigenvalue weighted by Crippen LogP contribution is 2.47. The summed E-state index contributed by atoms with van der Waals surface area (Å²) in [4.78, 5) is 0.327. The fourth-order valence-electron chi connectivity index (χ4n) is 5.11. The number of aryl methyl sites for hydroxylation is 2. The number of nitrogens with one attached hydrogen (secondary N) is 1. The number of methoxy groups -OCH3 is 1. The van der Waals surface area contributed by atoms with Gasteiger partial charge in [-0.15, -0.1) is 0 Å². The molecule has 0 unspecified atom stereocenters. The minimum absolute atomic E-state index is 0.0181. The first-order valence-corrected chi connectivity index (χ1v) is 11.8. The Morgan fingerprint density at radius 3 is 2.55 bits per heavy atom. The molecular formula is C23H27N3O4S. The molecule has 0 saturated carbocycles. The van der Waals surface area contributed by atoms with E-state index < -0.39 is 10.0 Å². The number of aromatic nitrogens is 1. The molecule has 164 valence electrons. The van der Waals surface area contributed by atoms with Crippen LogP contribution in [0.15, 0.2) is 47.4 Å². The lowest BCUT2D eigenvalue weighted by Crippen LogP contribution is -2.67. The van der Waals surface area contributed by atoms with Crippen LogP contribution in [0.4, 0.5) is 0 Å². The van der Waals surface area contributed by atoms with E-state index in [1.54, 1.807) is 23.5 Å². The van der Waals surface area contributed by atoms with Gasteiger partial charge in [-0.25, -0.2) is 8.42 Å². The average molecular weight is 442 g/mol. The zero-order chi connectivity index (χ0) is 22.0. The Balaban J connectivity index is 1.57. The van der Waals surface area contributed by atoms with Crippen LogP contribution in [0.5, 0.6) is 5.75 Å². The van der Waals surface area contributed by atoms with E-state index in [9.17, 15) is 13.5 Å². The summed E-state index contributed by atoms with van der Waals surface area (Å²) in [7, 11) is 0.0880. The normalized spacial score (nSPS) is 20.6. The van der Waals surface area contributed by atoms with Crippen molar-refractivity contribution < 1.29 is 18.3 Å². The molecule has 31 heavy (non-hydrogen) atoms. The van der Waals surface area contributed by atoms with Crippen LogP contribution in [0.25, 0.3) is 10.9 Å². The Kier molecular flexibility index (Phi) is 4.67. The molecule has 3 heterocycles. The van der Waals surface area contributed by atoms with Crippen LogP contribution in [-0.4, -0.2) is 55.7 Å². The van der Waals surface area contributed by atoms with Gasteiger partial charge in [-0.1, -0.05) is 17.7 Å². The summed E-state index contributed by atoms with van der Waals surface area (Å²) < 4.78 is 35.4. The number of aliphatic hydroxyl groups is 1. The van der Waals surface area contributed by atoms with Gasteiger partial charge in [0.2, 0.25) is 10.0 Å². The molecule has 2 N–H and O–H groups in total. The predicted octanol–water partition coefficient (Wildman–Crippen LogP) is 2.07. The highest BCUT2D eigenvalue weighted by Gasteiger charge is 2.54. The smallest absolute Gasteiger partial charge is 0.243 e. The predicted molar refractivity (Wildman–Crippen MR) is 119 cm³/mol. The second kappa shape index (κ2) is 7.06. The van der Waals surface area contributed by atoms with Crippen molar-refractivity contribution >= 4 is 20.9 Å². The number of rotatable bonds is 4. The number of fused-ring (bicyclic) bond motifs is 4. The molecule has 2 aromatic carbocycles. The first-order valence-electron chi connectivity index (χ1n) is 10.4. The van der Waals surface area contributed by atoms with E-state index in [0.717, 1.165) is 33.5 Å². The van der Waals surface area contributed by atoms with E-state index in [4.69, 9.17) is 4.74 Å². The Bertz CT molecular complexity index is 1260. The lowest BCUT2D eigenvalue weighted by molar-refractivity contribution is 0.121. The van der Waals surface area contributed by atoms with Gasteiger partial charge < -0.3 is 19.7 Å². The standard InChI is InChI=1S/C23H27N3O4S/c1-15-4-7-17(8-5-15)31(28,29)26-13-23(14-26)12-24-19(11-27)22-21(23)18-9-6-16(30-3)10-20(18)25(22)2/h4-10,19,24,27H,11-14H2,1-3H3/t19-/m1/s1. The summed E-state index contributed by atoms with van der Waals surface area (Å²) in [5, 5.41) is 14.5. The van der Waals surface area contributed by atoms with E-state index in [0.29, 0.717) is 24.5 Å².